The molecule has 0 fully saturated rings. The van der Waals surface area contributed by atoms with E-state index in [0.717, 1.165) is 22.8 Å². The summed E-state index contributed by atoms with van der Waals surface area (Å²) in [5.74, 6) is 1.95. The molecular formula is C23H18N2O3S. The molecule has 4 aromatic rings. The second-order valence-electron chi connectivity index (χ2n) is 6.16. The quantitative estimate of drug-likeness (QED) is 0.439. The molecule has 0 saturated carbocycles. The number of hydrogen-bond acceptors (Lipinski definition) is 5. The number of hydrogen-bond donors (Lipinski definition) is 1. The summed E-state index contributed by atoms with van der Waals surface area (Å²) >= 11 is 1.38. The number of aromatic nitrogens is 1. The van der Waals surface area contributed by atoms with E-state index in [1.165, 1.54) is 11.3 Å². The predicted molar refractivity (Wildman–Crippen MR) is 115 cm³/mol. The predicted octanol–water partition coefficient (Wildman–Crippen LogP) is 5.86. The third-order valence-electron chi connectivity index (χ3n) is 4.19. The summed E-state index contributed by atoms with van der Waals surface area (Å²) in [4.78, 5) is 16.9. The molecule has 0 spiro atoms. The molecule has 0 bridgehead atoms. The van der Waals surface area contributed by atoms with Crippen LogP contribution in [0.15, 0.2) is 84.2 Å². The maximum absolute atomic E-state index is 12.4. The van der Waals surface area contributed by atoms with E-state index >= 15 is 0 Å². The Morgan fingerprint density at radius 1 is 0.897 bits per heavy atom. The maximum Gasteiger partial charge on any atom is 0.257 e. The second kappa shape index (κ2) is 8.58. The first kappa shape index (κ1) is 18.7. The number of methoxy groups -OCH3 is 1. The molecule has 5 nitrogen and oxygen atoms in total. The first-order chi connectivity index (χ1) is 14.2. The number of carbonyl (C=O) groups is 1. The number of thiazole rings is 1. The van der Waals surface area contributed by atoms with Gasteiger partial charge in [0, 0.05) is 16.5 Å². The van der Waals surface area contributed by atoms with Crippen LogP contribution in [0, 0.1) is 0 Å². The van der Waals surface area contributed by atoms with E-state index in [2.05, 4.69) is 10.3 Å². The molecular weight excluding hydrogens is 384 g/mol. The number of nitrogens with one attached hydrogen (secondary N) is 1. The van der Waals surface area contributed by atoms with Crippen LogP contribution < -0.4 is 14.8 Å². The van der Waals surface area contributed by atoms with Crippen LogP contribution in [0.2, 0.25) is 0 Å². The van der Waals surface area contributed by atoms with E-state index < -0.39 is 0 Å². The number of rotatable bonds is 6. The van der Waals surface area contributed by atoms with Gasteiger partial charge in [0.25, 0.3) is 5.91 Å². The lowest BCUT2D eigenvalue weighted by atomic mass is 10.2. The van der Waals surface area contributed by atoms with Gasteiger partial charge in [0.1, 0.15) is 17.2 Å². The topological polar surface area (TPSA) is 60.5 Å². The third kappa shape index (κ3) is 4.62. The second-order valence-corrected chi connectivity index (χ2v) is 7.02. The van der Waals surface area contributed by atoms with Gasteiger partial charge in [-0.3, -0.25) is 10.1 Å². The van der Waals surface area contributed by atoms with Crippen LogP contribution in [0.5, 0.6) is 17.2 Å². The minimum absolute atomic E-state index is 0.226. The zero-order valence-corrected chi connectivity index (χ0v) is 16.5. The highest BCUT2D eigenvalue weighted by Gasteiger charge is 2.11. The maximum atomic E-state index is 12.4. The Hall–Kier alpha value is -3.64. The largest absolute Gasteiger partial charge is 0.497 e. The van der Waals surface area contributed by atoms with Crippen molar-refractivity contribution in [3.8, 4) is 28.5 Å². The van der Waals surface area contributed by atoms with Crippen molar-refractivity contribution in [1.29, 1.82) is 0 Å². The molecule has 0 aliphatic carbocycles. The van der Waals surface area contributed by atoms with Gasteiger partial charge >= 0.3 is 0 Å². The van der Waals surface area contributed by atoms with E-state index in [1.807, 2.05) is 60.0 Å². The van der Waals surface area contributed by atoms with Crippen LogP contribution in [0.1, 0.15) is 10.4 Å². The van der Waals surface area contributed by atoms with E-state index in [9.17, 15) is 4.79 Å². The number of para-hydroxylation sites is 1. The fourth-order valence-corrected chi connectivity index (χ4v) is 3.43. The molecule has 1 amide bonds. The summed E-state index contributed by atoms with van der Waals surface area (Å²) in [6, 6.07) is 24.3. The number of benzene rings is 3. The van der Waals surface area contributed by atoms with E-state index in [-0.39, 0.29) is 5.91 Å². The van der Waals surface area contributed by atoms with Crippen molar-refractivity contribution in [1.82, 2.24) is 4.98 Å². The van der Waals surface area contributed by atoms with Crippen molar-refractivity contribution >= 4 is 22.4 Å². The first-order valence-electron chi connectivity index (χ1n) is 8.95. The highest BCUT2D eigenvalue weighted by molar-refractivity contribution is 7.14. The summed E-state index contributed by atoms with van der Waals surface area (Å²) in [7, 11) is 1.57. The summed E-state index contributed by atoms with van der Waals surface area (Å²) in [5.41, 5.74) is 2.26. The molecule has 0 saturated heterocycles. The summed E-state index contributed by atoms with van der Waals surface area (Å²) < 4.78 is 11.0. The lowest BCUT2D eigenvalue weighted by Crippen LogP contribution is -2.11. The van der Waals surface area contributed by atoms with Gasteiger partial charge in [0.05, 0.1) is 12.8 Å². The molecule has 0 aliphatic rings. The van der Waals surface area contributed by atoms with E-state index in [4.69, 9.17) is 9.47 Å². The van der Waals surface area contributed by atoms with Gasteiger partial charge in [-0.2, -0.15) is 0 Å². The fraction of sp³-hybridized carbons (Fsp3) is 0.0435. The monoisotopic (exact) mass is 402 g/mol. The number of nitrogens with zero attached hydrogens (tertiary/aromatic N) is 1. The molecule has 3 aromatic carbocycles. The molecule has 6 heteroatoms. The van der Waals surface area contributed by atoms with Gasteiger partial charge in [0.2, 0.25) is 0 Å². The van der Waals surface area contributed by atoms with Crippen molar-refractivity contribution in [2.24, 2.45) is 0 Å². The van der Waals surface area contributed by atoms with Gasteiger partial charge in [-0.05, 0) is 54.6 Å². The summed E-state index contributed by atoms with van der Waals surface area (Å²) in [5, 5.41) is 5.28. The van der Waals surface area contributed by atoms with Crippen LogP contribution in [0.3, 0.4) is 0 Å². The van der Waals surface area contributed by atoms with Crippen LogP contribution in [-0.2, 0) is 0 Å². The van der Waals surface area contributed by atoms with Gasteiger partial charge in [-0.15, -0.1) is 11.3 Å². The molecule has 0 radical (unpaired) electrons. The molecule has 0 aliphatic heterocycles. The van der Waals surface area contributed by atoms with Crippen LogP contribution in [-0.4, -0.2) is 18.0 Å². The summed E-state index contributed by atoms with van der Waals surface area (Å²) in [6.07, 6.45) is 0. The van der Waals surface area contributed by atoms with Gasteiger partial charge < -0.3 is 9.47 Å². The normalized spacial score (nSPS) is 10.4. The number of ether oxygens (including phenoxy) is 2. The molecule has 1 aromatic heterocycles. The Labute approximate surface area is 172 Å². The highest BCUT2D eigenvalue weighted by atomic mass is 32.1. The van der Waals surface area contributed by atoms with Crippen molar-refractivity contribution in [3.63, 3.8) is 0 Å². The Balaban J connectivity index is 1.44. The van der Waals surface area contributed by atoms with Crippen molar-refractivity contribution in [3.05, 3.63) is 89.8 Å². The molecule has 0 atom stereocenters. The smallest absolute Gasteiger partial charge is 0.257 e. The average molecular weight is 402 g/mol. The summed E-state index contributed by atoms with van der Waals surface area (Å²) in [6.45, 7) is 0. The van der Waals surface area contributed by atoms with E-state index in [0.29, 0.717) is 16.4 Å². The average Bonchev–Trinajstić information content (AvgIpc) is 3.23. The lowest BCUT2D eigenvalue weighted by Gasteiger charge is -2.06. The Bertz CT molecular complexity index is 1110. The minimum Gasteiger partial charge on any atom is -0.497 e. The van der Waals surface area contributed by atoms with Gasteiger partial charge in [0.15, 0.2) is 5.13 Å². The van der Waals surface area contributed by atoms with Crippen LogP contribution in [0.4, 0.5) is 5.13 Å². The fourth-order valence-electron chi connectivity index (χ4n) is 2.72. The zero-order chi connectivity index (χ0) is 20.1. The molecule has 1 heterocycles. The Morgan fingerprint density at radius 2 is 1.62 bits per heavy atom. The van der Waals surface area contributed by atoms with Gasteiger partial charge in [-0.1, -0.05) is 24.3 Å². The number of carbonyl (C=O) groups excluding carboxylic acids is 1. The minimum atomic E-state index is -0.226. The standard InChI is InChI=1S/C23H18N2O3S/c1-27-20-9-5-6-17(14-20)22(26)25-23-24-21(15-29-23)16-10-12-19(13-11-16)28-18-7-3-2-4-8-18/h2-15H,1H3,(H,24,25,26). The molecule has 29 heavy (non-hydrogen) atoms. The SMILES string of the molecule is COc1cccc(C(=O)Nc2nc(-c3ccc(Oc4ccccc4)cc3)cs2)c1. The van der Waals surface area contributed by atoms with E-state index in [1.54, 1.807) is 31.4 Å². The lowest BCUT2D eigenvalue weighted by molar-refractivity contribution is 0.102. The van der Waals surface area contributed by atoms with Gasteiger partial charge in [-0.25, -0.2) is 4.98 Å². The first-order valence-corrected chi connectivity index (χ1v) is 9.83. The van der Waals surface area contributed by atoms with Crippen LogP contribution >= 0.6 is 11.3 Å². The van der Waals surface area contributed by atoms with Crippen molar-refractivity contribution in [2.45, 2.75) is 0 Å². The molecule has 1 N–H and O–H groups in total. The number of anilines is 1. The number of amides is 1. The third-order valence-corrected chi connectivity index (χ3v) is 4.94. The highest BCUT2D eigenvalue weighted by Crippen LogP contribution is 2.28. The Kier molecular flexibility index (Phi) is 5.54. The van der Waals surface area contributed by atoms with Crippen molar-refractivity contribution in [2.75, 3.05) is 12.4 Å². The molecule has 0 unspecified atom stereocenters. The zero-order valence-electron chi connectivity index (χ0n) is 15.7. The molecule has 4 rings (SSSR count). The molecule has 144 valence electrons. The van der Waals surface area contributed by atoms with Crippen LogP contribution in [0.25, 0.3) is 11.3 Å². The van der Waals surface area contributed by atoms with Crippen molar-refractivity contribution < 1.29 is 14.3 Å². The Morgan fingerprint density at radius 3 is 2.38 bits per heavy atom.